The van der Waals surface area contributed by atoms with Gasteiger partial charge in [-0.1, -0.05) is 12.1 Å². The second kappa shape index (κ2) is 8.76. The smallest absolute Gasteiger partial charge is 0.261 e. The highest BCUT2D eigenvalue weighted by Gasteiger charge is 2.15. The van der Waals surface area contributed by atoms with E-state index in [1.165, 1.54) is 43.0 Å². The predicted octanol–water partition coefficient (Wildman–Crippen LogP) is 2.77. The van der Waals surface area contributed by atoms with E-state index >= 15 is 0 Å². The molecule has 0 spiro atoms. The van der Waals surface area contributed by atoms with E-state index in [9.17, 15) is 13.2 Å². The van der Waals surface area contributed by atoms with Crippen LogP contribution in [0, 0.1) is 0 Å². The van der Waals surface area contributed by atoms with Crippen LogP contribution >= 0.6 is 0 Å². The summed E-state index contributed by atoms with van der Waals surface area (Å²) in [4.78, 5) is 20.4. The number of nitrogens with one attached hydrogen (secondary N) is 2. The highest BCUT2D eigenvalue weighted by atomic mass is 32.2. The molecular formula is C21H18N6O3S. The molecule has 2 heterocycles. The lowest BCUT2D eigenvalue weighted by molar-refractivity contribution is 0.102. The van der Waals surface area contributed by atoms with E-state index in [1.54, 1.807) is 29.2 Å². The number of nitrogens with zero attached hydrogens (tertiary/aromatic N) is 4. The molecule has 0 aliphatic rings. The van der Waals surface area contributed by atoms with Crippen molar-refractivity contribution >= 4 is 27.3 Å². The van der Waals surface area contributed by atoms with Crippen LogP contribution in [0.15, 0.2) is 90.6 Å². The highest BCUT2D eigenvalue weighted by Crippen LogP contribution is 2.17. The van der Waals surface area contributed by atoms with E-state index in [1.807, 2.05) is 18.2 Å². The number of rotatable bonds is 7. The van der Waals surface area contributed by atoms with Gasteiger partial charge < -0.3 is 5.32 Å². The number of hydrogen-bond donors (Lipinski definition) is 2. The zero-order valence-corrected chi connectivity index (χ0v) is 17.0. The molecule has 0 unspecified atom stereocenters. The van der Waals surface area contributed by atoms with Crippen molar-refractivity contribution in [3.63, 3.8) is 0 Å². The maximum absolute atomic E-state index is 12.6. The summed E-state index contributed by atoms with van der Waals surface area (Å²) in [6.45, 7) is 0.529. The lowest BCUT2D eigenvalue weighted by Gasteiger charge is -2.10. The first-order valence-electron chi connectivity index (χ1n) is 9.25. The molecule has 31 heavy (non-hydrogen) atoms. The third kappa shape index (κ3) is 5.11. The number of carbonyl (C=O) groups is 1. The fraction of sp³-hybridized carbons (Fsp3) is 0.0476. The van der Waals surface area contributed by atoms with Gasteiger partial charge in [-0.05, 0) is 54.1 Å². The summed E-state index contributed by atoms with van der Waals surface area (Å²) in [5.74, 6) is -0.344. The Hall–Kier alpha value is -4.05. The minimum Gasteiger partial charge on any atom is -0.322 e. The number of benzene rings is 2. The Labute approximate surface area is 178 Å². The fourth-order valence-corrected chi connectivity index (χ4v) is 3.93. The molecule has 0 bridgehead atoms. The van der Waals surface area contributed by atoms with Crippen LogP contribution in [0.3, 0.4) is 0 Å². The van der Waals surface area contributed by atoms with Gasteiger partial charge in [0.25, 0.3) is 15.9 Å². The average molecular weight is 434 g/mol. The van der Waals surface area contributed by atoms with Gasteiger partial charge in [0, 0.05) is 23.6 Å². The molecule has 4 aromatic rings. The molecule has 156 valence electrons. The van der Waals surface area contributed by atoms with Crippen molar-refractivity contribution in [2.24, 2.45) is 0 Å². The second-order valence-electron chi connectivity index (χ2n) is 6.61. The Kier molecular flexibility index (Phi) is 5.72. The van der Waals surface area contributed by atoms with E-state index in [0.29, 0.717) is 23.5 Å². The second-order valence-corrected chi connectivity index (χ2v) is 8.30. The first-order valence-corrected chi connectivity index (χ1v) is 10.7. The van der Waals surface area contributed by atoms with Gasteiger partial charge in [-0.15, -0.1) is 0 Å². The highest BCUT2D eigenvalue weighted by molar-refractivity contribution is 7.92. The first kappa shape index (κ1) is 20.2. The van der Waals surface area contributed by atoms with Gasteiger partial charge in [0.2, 0.25) is 0 Å². The maximum atomic E-state index is 12.6. The maximum Gasteiger partial charge on any atom is 0.261 e. The zero-order chi connectivity index (χ0) is 21.7. The molecule has 2 aromatic heterocycles. The normalized spacial score (nSPS) is 11.1. The molecule has 2 aromatic carbocycles. The van der Waals surface area contributed by atoms with Gasteiger partial charge in [0.1, 0.15) is 12.7 Å². The summed E-state index contributed by atoms with van der Waals surface area (Å²) < 4.78 is 29.1. The number of hydrogen-bond acceptors (Lipinski definition) is 6. The molecule has 2 N–H and O–H groups in total. The van der Waals surface area contributed by atoms with Crippen LogP contribution in [-0.4, -0.2) is 34.1 Å². The minimum atomic E-state index is -3.77. The Morgan fingerprint density at radius 1 is 0.935 bits per heavy atom. The Bertz CT molecular complexity index is 1270. The molecule has 0 aliphatic carbocycles. The summed E-state index contributed by atoms with van der Waals surface area (Å²) in [6.07, 6.45) is 6.06. The van der Waals surface area contributed by atoms with Crippen LogP contribution in [0.5, 0.6) is 0 Å². The number of aromatic nitrogens is 4. The topological polar surface area (TPSA) is 119 Å². The quantitative estimate of drug-likeness (QED) is 0.462. The molecule has 0 atom stereocenters. The number of amides is 1. The van der Waals surface area contributed by atoms with Gasteiger partial charge in [-0.3, -0.25) is 14.5 Å². The van der Waals surface area contributed by atoms with Gasteiger partial charge in [-0.25, -0.2) is 18.1 Å². The molecular weight excluding hydrogens is 416 g/mol. The van der Waals surface area contributed by atoms with Gasteiger partial charge in [0.15, 0.2) is 0 Å². The Morgan fingerprint density at radius 3 is 2.42 bits per heavy atom. The van der Waals surface area contributed by atoms with Crippen molar-refractivity contribution in [3.05, 3.63) is 96.8 Å². The molecule has 10 heteroatoms. The monoisotopic (exact) mass is 434 g/mol. The summed E-state index contributed by atoms with van der Waals surface area (Å²) in [5, 5.41) is 6.88. The van der Waals surface area contributed by atoms with Crippen molar-refractivity contribution in [2.45, 2.75) is 11.4 Å². The van der Waals surface area contributed by atoms with Crippen molar-refractivity contribution < 1.29 is 13.2 Å². The molecule has 0 radical (unpaired) electrons. The molecule has 1 amide bonds. The van der Waals surface area contributed by atoms with Crippen LogP contribution in [0.4, 0.5) is 11.4 Å². The van der Waals surface area contributed by atoms with E-state index in [2.05, 4.69) is 25.1 Å². The predicted molar refractivity (Wildman–Crippen MR) is 115 cm³/mol. The van der Waals surface area contributed by atoms with Gasteiger partial charge in [-0.2, -0.15) is 5.10 Å². The van der Waals surface area contributed by atoms with Crippen LogP contribution < -0.4 is 10.0 Å². The first-order chi connectivity index (χ1) is 15.0. The molecule has 4 rings (SSSR count). The molecule has 0 saturated heterocycles. The van der Waals surface area contributed by atoms with E-state index in [4.69, 9.17) is 0 Å². The van der Waals surface area contributed by atoms with E-state index in [-0.39, 0.29) is 10.8 Å². The zero-order valence-electron chi connectivity index (χ0n) is 16.2. The summed E-state index contributed by atoms with van der Waals surface area (Å²) in [5.41, 5.74) is 2.32. The number of carbonyl (C=O) groups excluding carboxylic acids is 1. The van der Waals surface area contributed by atoms with Crippen LogP contribution in [0.2, 0.25) is 0 Å². The minimum absolute atomic E-state index is 0.0516. The summed E-state index contributed by atoms with van der Waals surface area (Å²) in [7, 11) is -3.77. The van der Waals surface area contributed by atoms with Gasteiger partial charge in [0.05, 0.1) is 17.1 Å². The average Bonchev–Trinajstić information content (AvgIpc) is 3.27. The Morgan fingerprint density at radius 2 is 1.71 bits per heavy atom. The largest absolute Gasteiger partial charge is 0.322 e. The lowest BCUT2D eigenvalue weighted by Crippen LogP contribution is -2.15. The number of anilines is 2. The van der Waals surface area contributed by atoms with Crippen LogP contribution in [0.25, 0.3) is 0 Å². The van der Waals surface area contributed by atoms with Crippen LogP contribution in [-0.2, 0) is 16.6 Å². The molecule has 0 fully saturated rings. The fourth-order valence-electron chi connectivity index (χ4n) is 2.87. The van der Waals surface area contributed by atoms with Crippen molar-refractivity contribution in [1.29, 1.82) is 0 Å². The summed E-state index contributed by atoms with van der Waals surface area (Å²) >= 11 is 0. The van der Waals surface area contributed by atoms with Crippen molar-refractivity contribution in [1.82, 2.24) is 19.7 Å². The van der Waals surface area contributed by atoms with Gasteiger partial charge >= 0.3 is 0 Å². The van der Waals surface area contributed by atoms with Crippen molar-refractivity contribution in [2.75, 3.05) is 10.0 Å². The SMILES string of the molecule is O=C(Nc1cccc(Cn2cncn2)c1)c1ccc(S(=O)(=O)Nc2ccncc2)cc1. The van der Waals surface area contributed by atoms with E-state index in [0.717, 1.165) is 5.56 Å². The summed E-state index contributed by atoms with van der Waals surface area (Å²) in [6, 6.07) is 16.2. The third-order valence-corrected chi connectivity index (χ3v) is 5.75. The Balaban J connectivity index is 1.44. The lowest BCUT2D eigenvalue weighted by atomic mass is 10.1. The van der Waals surface area contributed by atoms with Crippen molar-refractivity contribution in [3.8, 4) is 0 Å². The van der Waals surface area contributed by atoms with E-state index < -0.39 is 10.0 Å². The number of pyridine rings is 1. The van der Waals surface area contributed by atoms with Crippen LogP contribution in [0.1, 0.15) is 15.9 Å². The third-order valence-electron chi connectivity index (χ3n) is 4.36. The standard InChI is InChI=1S/C21H18N6O3S/c28-21(25-19-3-1-2-16(12-19)13-27-15-23-14-24-27)17-4-6-20(7-5-17)31(29,30)26-18-8-10-22-11-9-18/h1-12,14-15H,13H2,(H,22,26)(H,25,28). The molecule has 0 aliphatic heterocycles. The molecule has 0 saturated carbocycles. The molecule has 9 nitrogen and oxygen atoms in total. The number of sulfonamides is 1.